The quantitative estimate of drug-likeness (QED) is 0.717. The summed E-state index contributed by atoms with van der Waals surface area (Å²) < 4.78 is 0. The first kappa shape index (κ1) is 10.4. The first-order valence-corrected chi connectivity index (χ1v) is 5.44. The summed E-state index contributed by atoms with van der Waals surface area (Å²) in [6.07, 6.45) is 3.59. The van der Waals surface area contributed by atoms with Gasteiger partial charge in [0.05, 0.1) is 0 Å². The second-order valence-electron chi connectivity index (χ2n) is 5.79. The standard InChI is InChI=1S/C12H19NO2/c1-11(2,7-12(3)4-5-12)8-6-9(14)13-10(8)15/h6,13-15H,4-5,7H2,1-3H3. The van der Waals surface area contributed by atoms with E-state index in [1.165, 1.54) is 12.8 Å². The molecule has 0 amide bonds. The van der Waals surface area contributed by atoms with E-state index in [1.54, 1.807) is 6.07 Å². The maximum absolute atomic E-state index is 9.67. The van der Waals surface area contributed by atoms with Crippen LogP contribution < -0.4 is 0 Å². The molecular formula is C12H19NO2. The second-order valence-corrected chi connectivity index (χ2v) is 5.79. The minimum absolute atomic E-state index is 0.0384. The highest BCUT2D eigenvalue weighted by atomic mass is 16.3. The molecule has 0 aromatic carbocycles. The molecule has 15 heavy (non-hydrogen) atoms. The van der Waals surface area contributed by atoms with E-state index in [9.17, 15) is 10.2 Å². The molecule has 3 heteroatoms. The van der Waals surface area contributed by atoms with E-state index in [2.05, 4.69) is 25.8 Å². The summed E-state index contributed by atoms with van der Waals surface area (Å²) in [6, 6.07) is 1.63. The van der Waals surface area contributed by atoms with Crippen molar-refractivity contribution >= 4 is 0 Å². The summed E-state index contributed by atoms with van der Waals surface area (Å²) in [5.74, 6) is 0.137. The Bertz CT molecular complexity index is 375. The van der Waals surface area contributed by atoms with Crippen molar-refractivity contribution in [3.63, 3.8) is 0 Å². The number of nitrogens with one attached hydrogen (secondary N) is 1. The Hall–Kier alpha value is -1.12. The Morgan fingerprint density at radius 3 is 2.40 bits per heavy atom. The van der Waals surface area contributed by atoms with Crippen molar-refractivity contribution in [2.45, 2.75) is 45.4 Å². The Balaban J connectivity index is 2.24. The lowest BCUT2D eigenvalue weighted by atomic mass is 9.77. The van der Waals surface area contributed by atoms with Gasteiger partial charge in [0.1, 0.15) is 0 Å². The summed E-state index contributed by atoms with van der Waals surface area (Å²) in [6.45, 7) is 6.50. The van der Waals surface area contributed by atoms with E-state index in [4.69, 9.17) is 0 Å². The molecule has 3 N–H and O–H groups in total. The van der Waals surface area contributed by atoms with Crippen LogP contribution in [0.3, 0.4) is 0 Å². The Morgan fingerprint density at radius 1 is 1.40 bits per heavy atom. The van der Waals surface area contributed by atoms with Crippen LogP contribution >= 0.6 is 0 Å². The highest BCUT2D eigenvalue weighted by Gasteiger charge is 2.43. The Kier molecular flexibility index (Phi) is 2.04. The van der Waals surface area contributed by atoms with Crippen LogP contribution in [0, 0.1) is 5.41 Å². The fraction of sp³-hybridized carbons (Fsp3) is 0.667. The third kappa shape index (κ3) is 1.96. The molecular weight excluding hydrogens is 190 g/mol. The summed E-state index contributed by atoms with van der Waals surface area (Å²) >= 11 is 0. The third-order valence-electron chi connectivity index (χ3n) is 3.48. The number of aromatic amines is 1. The maximum Gasteiger partial charge on any atom is 0.195 e. The van der Waals surface area contributed by atoms with E-state index in [1.807, 2.05) is 0 Å². The molecule has 1 heterocycles. The van der Waals surface area contributed by atoms with Crippen LogP contribution in [-0.2, 0) is 5.41 Å². The molecule has 0 unspecified atom stereocenters. The molecule has 0 radical (unpaired) electrons. The van der Waals surface area contributed by atoms with Gasteiger partial charge in [-0.05, 0) is 30.1 Å². The molecule has 1 aromatic rings. The van der Waals surface area contributed by atoms with Gasteiger partial charge in [-0.2, -0.15) is 0 Å². The van der Waals surface area contributed by atoms with Gasteiger partial charge in [0.25, 0.3) is 0 Å². The molecule has 0 saturated heterocycles. The van der Waals surface area contributed by atoms with Crippen molar-refractivity contribution in [1.29, 1.82) is 0 Å². The van der Waals surface area contributed by atoms with Crippen LogP contribution in [0.15, 0.2) is 6.07 Å². The smallest absolute Gasteiger partial charge is 0.195 e. The number of hydrogen-bond acceptors (Lipinski definition) is 2. The zero-order chi connectivity index (χ0) is 11.3. The van der Waals surface area contributed by atoms with Crippen molar-refractivity contribution in [3.8, 4) is 11.8 Å². The van der Waals surface area contributed by atoms with Crippen LogP contribution in [0.1, 0.15) is 45.6 Å². The van der Waals surface area contributed by atoms with Crippen LogP contribution in [0.25, 0.3) is 0 Å². The normalized spacial score (nSPS) is 19.1. The van der Waals surface area contributed by atoms with Crippen LogP contribution in [0.5, 0.6) is 11.8 Å². The Labute approximate surface area is 90.1 Å². The average Bonchev–Trinajstić information content (AvgIpc) is 2.65. The van der Waals surface area contributed by atoms with Crippen molar-refractivity contribution in [3.05, 3.63) is 11.6 Å². The number of H-pyrrole nitrogens is 1. The number of aromatic nitrogens is 1. The predicted octanol–water partition coefficient (Wildman–Crippen LogP) is 2.89. The molecule has 1 aliphatic carbocycles. The zero-order valence-electron chi connectivity index (χ0n) is 9.59. The van der Waals surface area contributed by atoms with Crippen molar-refractivity contribution in [2.24, 2.45) is 5.41 Å². The molecule has 0 spiro atoms. The predicted molar refractivity (Wildman–Crippen MR) is 59.1 cm³/mol. The lowest BCUT2D eigenvalue weighted by molar-refractivity contribution is 0.347. The van der Waals surface area contributed by atoms with Crippen LogP contribution in [0.4, 0.5) is 0 Å². The summed E-state index contributed by atoms with van der Waals surface area (Å²) in [7, 11) is 0. The summed E-state index contributed by atoms with van der Waals surface area (Å²) in [5, 5.41) is 19.0. The SMILES string of the molecule is CC1(CC(C)(C)c2cc(O)[nH]c2O)CC1. The lowest BCUT2D eigenvalue weighted by Gasteiger charge is -2.27. The minimum atomic E-state index is -0.0905. The second kappa shape index (κ2) is 2.94. The molecule has 3 nitrogen and oxygen atoms in total. The fourth-order valence-electron chi connectivity index (χ4n) is 2.50. The molecule has 1 aliphatic rings. The van der Waals surface area contributed by atoms with Crippen LogP contribution in [-0.4, -0.2) is 15.2 Å². The van der Waals surface area contributed by atoms with E-state index in [-0.39, 0.29) is 17.2 Å². The summed E-state index contributed by atoms with van der Waals surface area (Å²) in [4.78, 5) is 2.53. The first-order chi connectivity index (χ1) is 6.82. The number of rotatable bonds is 3. The van der Waals surface area contributed by atoms with E-state index >= 15 is 0 Å². The molecule has 84 valence electrons. The maximum atomic E-state index is 9.67. The topological polar surface area (TPSA) is 56.2 Å². The van der Waals surface area contributed by atoms with Crippen molar-refractivity contribution < 1.29 is 10.2 Å². The van der Waals surface area contributed by atoms with E-state index in [0.717, 1.165) is 12.0 Å². The fourth-order valence-corrected chi connectivity index (χ4v) is 2.50. The van der Waals surface area contributed by atoms with Gasteiger partial charge in [0, 0.05) is 11.6 Å². The highest BCUT2D eigenvalue weighted by Crippen LogP contribution is 2.54. The molecule has 2 rings (SSSR count). The molecule has 1 fully saturated rings. The van der Waals surface area contributed by atoms with Gasteiger partial charge >= 0.3 is 0 Å². The first-order valence-electron chi connectivity index (χ1n) is 5.44. The minimum Gasteiger partial charge on any atom is -0.495 e. The largest absolute Gasteiger partial charge is 0.495 e. The zero-order valence-corrected chi connectivity index (χ0v) is 9.59. The van der Waals surface area contributed by atoms with E-state index < -0.39 is 0 Å². The number of aromatic hydroxyl groups is 2. The average molecular weight is 209 g/mol. The highest BCUT2D eigenvalue weighted by molar-refractivity contribution is 5.38. The van der Waals surface area contributed by atoms with Gasteiger partial charge in [-0.15, -0.1) is 0 Å². The van der Waals surface area contributed by atoms with Gasteiger partial charge in [0.2, 0.25) is 0 Å². The monoisotopic (exact) mass is 209 g/mol. The van der Waals surface area contributed by atoms with Gasteiger partial charge < -0.3 is 10.2 Å². The summed E-state index contributed by atoms with van der Waals surface area (Å²) in [5.41, 5.74) is 1.16. The van der Waals surface area contributed by atoms with Crippen LogP contribution in [0.2, 0.25) is 0 Å². The van der Waals surface area contributed by atoms with Gasteiger partial charge in [0.15, 0.2) is 11.8 Å². The van der Waals surface area contributed by atoms with Gasteiger partial charge in [-0.1, -0.05) is 20.8 Å². The van der Waals surface area contributed by atoms with Crippen molar-refractivity contribution in [1.82, 2.24) is 4.98 Å². The van der Waals surface area contributed by atoms with Gasteiger partial charge in [-0.3, -0.25) is 4.98 Å². The molecule has 1 aromatic heterocycles. The molecule has 0 atom stereocenters. The van der Waals surface area contributed by atoms with Crippen molar-refractivity contribution in [2.75, 3.05) is 0 Å². The molecule has 0 aliphatic heterocycles. The number of hydrogen-bond donors (Lipinski definition) is 3. The third-order valence-corrected chi connectivity index (χ3v) is 3.48. The lowest BCUT2D eigenvalue weighted by Crippen LogP contribution is -2.20. The van der Waals surface area contributed by atoms with E-state index in [0.29, 0.717) is 5.41 Å². The molecule has 1 saturated carbocycles. The Morgan fingerprint density at radius 2 is 2.00 bits per heavy atom. The molecule has 0 bridgehead atoms. The van der Waals surface area contributed by atoms with Gasteiger partial charge in [-0.25, -0.2) is 0 Å².